The molecular weight excluding hydrogens is 312 g/mol. The molecule has 0 saturated heterocycles. The van der Waals surface area contributed by atoms with Gasteiger partial charge in [0.15, 0.2) is 0 Å². The Balaban J connectivity index is 1.55. The smallest absolute Gasteiger partial charge is 0.407 e. The van der Waals surface area contributed by atoms with Gasteiger partial charge in [-0.1, -0.05) is 66.7 Å². The number of nitrogens with zero attached hydrogens (tertiary/aromatic N) is 1. The second kappa shape index (κ2) is 8.11. The fraction of sp³-hybridized carbons (Fsp3) is 0.143. The minimum absolute atomic E-state index is 0.180. The summed E-state index contributed by atoms with van der Waals surface area (Å²) in [5.74, 6) is 0. The standard InChI is InChI=1S/C21H20N2O2/c1-16(23-21(24)25-15-17-8-4-2-5-9-17)19-12-13-20(22-14-19)18-10-6-3-7-11-18/h2-14,16H,15H2,1H3,(H,23,24). The van der Waals surface area contributed by atoms with Crippen LogP contribution in [0.15, 0.2) is 79.0 Å². The second-order valence-corrected chi connectivity index (χ2v) is 5.77. The Bertz CT molecular complexity index is 802. The Morgan fingerprint density at radius 3 is 2.32 bits per heavy atom. The monoisotopic (exact) mass is 332 g/mol. The molecule has 0 aliphatic rings. The number of carbonyl (C=O) groups is 1. The lowest BCUT2D eigenvalue weighted by Crippen LogP contribution is -2.27. The van der Waals surface area contributed by atoms with Crippen molar-refractivity contribution in [3.05, 3.63) is 90.1 Å². The maximum atomic E-state index is 11.9. The van der Waals surface area contributed by atoms with E-state index >= 15 is 0 Å². The molecule has 0 spiro atoms. The van der Waals surface area contributed by atoms with Crippen molar-refractivity contribution in [3.8, 4) is 11.3 Å². The molecule has 0 aliphatic heterocycles. The van der Waals surface area contributed by atoms with Crippen LogP contribution in [0.2, 0.25) is 0 Å². The highest BCUT2D eigenvalue weighted by molar-refractivity contribution is 5.68. The minimum Gasteiger partial charge on any atom is -0.445 e. The first-order valence-electron chi connectivity index (χ1n) is 8.21. The molecule has 0 saturated carbocycles. The van der Waals surface area contributed by atoms with Crippen LogP contribution in [0.25, 0.3) is 11.3 Å². The number of hydrogen-bond acceptors (Lipinski definition) is 3. The average molecular weight is 332 g/mol. The molecule has 0 fully saturated rings. The fourth-order valence-corrected chi connectivity index (χ4v) is 2.47. The van der Waals surface area contributed by atoms with Crippen LogP contribution in [0.5, 0.6) is 0 Å². The molecule has 3 rings (SSSR count). The van der Waals surface area contributed by atoms with Gasteiger partial charge in [0, 0.05) is 11.8 Å². The third kappa shape index (κ3) is 4.67. The van der Waals surface area contributed by atoms with E-state index in [0.29, 0.717) is 0 Å². The van der Waals surface area contributed by atoms with Gasteiger partial charge < -0.3 is 10.1 Å². The summed E-state index contributed by atoms with van der Waals surface area (Å²) in [6.45, 7) is 2.16. The largest absolute Gasteiger partial charge is 0.445 e. The van der Waals surface area contributed by atoms with Crippen molar-refractivity contribution >= 4 is 6.09 Å². The van der Waals surface area contributed by atoms with E-state index in [1.54, 1.807) is 6.20 Å². The van der Waals surface area contributed by atoms with E-state index in [0.717, 1.165) is 22.4 Å². The molecule has 1 N–H and O–H groups in total. The van der Waals surface area contributed by atoms with E-state index in [-0.39, 0.29) is 12.6 Å². The van der Waals surface area contributed by atoms with Crippen LogP contribution in [-0.2, 0) is 11.3 Å². The maximum absolute atomic E-state index is 11.9. The molecule has 0 bridgehead atoms. The Morgan fingerprint density at radius 2 is 1.68 bits per heavy atom. The van der Waals surface area contributed by atoms with Crippen LogP contribution in [0, 0.1) is 0 Å². The second-order valence-electron chi connectivity index (χ2n) is 5.77. The summed E-state index contributed by atoms with van der Waals surface area (Å²) in [6.07, 6.45) is 1.34. The number of carbonyl (C=O) groups excluding carboxylic acids is 1. The van der Waals surface area contributed by atoms with Crippen molar-refractivity contribution in [2.75, 3.05) is 0 Å². The summed E-state index contributed by atoms with van der Waals surface area (Å²) in [7, 11) is 0. The number of rotatable bonds is 5. The van der Waals surface area contributed by atoms with E-state index in [2.05, 4.69) is 10.3 Å². The van der Waals surface area contributed by atoms with Crippen molar-refractivity contribution in [2.24, 2.45) is 0 Å². The van der Waals surface area contributed by atoms with Crippen molar-refractivity contribution < 1.29 is 9.53 Å². The van der Waals surface area contributed by atoms with Gasteiger partial charge >= 0.3 is 6.09 Å². The lowest BCUT2D eigenvalue weighted by atomic mass is 10.1. The molecule has 126 valence electrons. The van der Waals surface area contributed by atoms with Crippen LogP contribution in [-0.4, -0.2) is 11.1 Å². The zero-order chi connectivity index (χ0) is 17.5. The zero-order valence-corrected chi connectivity index (χ0v) is 14.1. The zero-order valence-electron chi connectivity index (χ0n) is 14.1. The van der Waals surface area contributed by atoms with Crippen LogP contribution in [0.1, 0.15) is 24.1 Å². The van der Waals surface area contributed by atoms with Crippen molar-refractivity contribution in [1.82, 2.24) is 10.3 Å². The Morgan fingerprint density at radius 1 is 1.00 bits per heavy atom. The lowest BCUT2D eigenvalue weighted by molar-refractivity contribution is 0.136. The third-order valence-corrected chi connectivity index (χ3v) is 3.90. The molecule has 1 amide bonds. The molecule has 0 radical (unpaired) electrons. The van der Waals surface area contributed by atoms with Crippen LogP contribution < -0.4 is 5.32 Å². The Labute approximate surface area is 147 Å². The van der Waals surface area contributed by atoms with Gasteiger partial charge in [-0.3, -0.25) is 4.98 Å². The normalized spacial score (nSPS) is 11.6. The molecule has 0 aliphatic carbocycles. The topological polar surface area (TPSA) is 51.2 Å². The molecular formula is C21H20N2O2. The van der Waals surface area contributed by atoms with Crippen molar-refractivity contribution in [1.29, 1.82) is 0 Å². The van der Waals surface area contributed by atoms with Gasteiger partial charge in [-0.2, -0.15) is 0 Å². The van der Waals surface area contributed by atoms with Gasteiger partial charge in [0.2, 0.25) is 0 Å². The predicted octanol–water partition coefficient (Wildman–Crippen LogP) is 4.74. The Kier molecular flexibility index (Phi) is 5.42. The highest BCUT2D eigenvalue weighted by Gasteiger charge is 2.11. The number of ether oxygens (including phenoxy) is 1. The molecule has 3 aromatic rings. The summed E-state index contributed by atoms with van der Waals surface area (Å²) in [5.41, 5.74) is 3.86. The van der Waals surface area contributed by atoms with Gasteiger partial charge in [-0.05, 0) is 24.1 Å². The van der Waals surface area contributed by atoms with Gasteiger partial charge in [0.1, 0.15) is 6.61 Å². The van der Waals surface area contributed by atoms with Gasteiger partial charge in [0.25, 0.3) is 0 Å². The first kappa shape index (κ1) is 16.7. The SMILES string of the molecule is CC(NC(=O)OCc1ccccc1)c1ccc(-c2ccccc2)nc1. The number of hydrogen-bond donors (Lipinski definition) is 1. The molecule has 1 atom stereocenters. The fourth-order valence-electron chi connectivity index (χ4n) is 2.47. The quantitative estimate of drug-likeness (QED) is 0.734. The van der Waals surface area contributed by atoms with Crippen LogP contribution in [0.4, 0.5) is 4.79 Å². The molecule has 2 aromatic carbocycles. The molecule has 4 heteroatoms. The number of pyridine rings is 1. The number of alkyl carbamates (subject to hydrolysis) is 1. The number of benzene rings is 2. The van der Waals surface area contributed by atoms with E-state index in [1.165, 1.54) is 0 Å². The summed E-state index contributed by atoms with van der Waals surface area (Å²) >= 11 is 0. The highest BCUT2D eigenvalue weighted by atomic mass is 16.5. The minimum atomic E-state index is -0.441. The number of aromatic nitrogens is 1. The molecule has 1 heterocycles. The van der Waals surface area contributed by atoms with Crippen molar-refractivity contribution in [3.63, 3.8) is 0 Å². The molecule has 1 unspecified atom stereocenters. The van der Waals surface area contributed by atoms with Gasteiger partial charge in [0.05, 0.1) is 11.7 Å². The maximum Gasteiger partial charge on any atom is 0.407 e. The molecule has 25 heavy (non-hydrogen) atoms. The van der Waals surface area contributed by atoms with E-state index < -0.39 is 6.09 Å². The summed E-state index contributed by atoms with van der Waals surface area (Å²) in [5, 5.41) is 2.82. The summed E-state index contributed by atoms with van der Waals surface area (Å²) in [4.78, 5) is 16.4. The van der Waals surface area contributed by atoms with Crippen LogP contribution >= 0.6 is 0 Å². The third-order valence-electron chi connectivity index (χ3n) is 3.90. The van der Waals surface area contributed by atoms with E-state index in [4.69, 9.17) is 4.74 Å². The summed E-state index contributed by atoms with van der Waals surface area (Å²) < 4.78 is 5.24. The Hall–Kier alpha value is -3.14. The molecule has 4 nitrogen and oxygen atoms in total. The van der Waals surface area contributed by atoms with Gasteiger partial charge in [-0.25, -0.2) is 4.79 Å². The summed E-state index contributed by atoms with van der Waals surface area (Å²) in [6, 6.07) is 23.3. The van der Waals surface area contributed by atoms with E-state index in [9.17, 15) is 4.79 Å². The first-order valence-corrected chi connectivity index (χ1v) is 8.21. The average Bonchev–Trinajstić information content (AvgIpc) is 2.68. The predicted molar refractivity (Wildman–Crippen MR) is 97.9 cm³/mol. The van der Waals surface area contributed by atoms with Gasteiger partial charge in [-0.15, -0.1) is 0 Å². The first-order chi connectivity index (χ1) is 12.2. The molecule has 1 aromatic heterocycles. The highest BCUT2D eigenvalue weighted by Crippen LogP contribution is 2.19. The van der Waals surface area contributed by atoms with E-state index in [1.807, 2.05) is 79.7 Å². The lowest BCUT2D eigenvalue weighted by Gasteiger charge is -2.14. The number of amides is 1. The van der Waals surface area contributed by atoms with Crippen LogP contribution in [0.3, 0.4) is 0 Å². The number of nitrogens with one attached hydrogen (secondary N) is 1. The van der Waals surface area contributed by atoms with Crippen molar-refractivity contribution in [2.45, 2.75) is 19.6 Å².